The first kappa shape index (κ1) is 13.6. The van der Waals surface area contributed by atoms with E-state index in [0.717, 1.165) is 5.56 Å². The molecule has 0 amide bonds. The highest BCUT2D eigenvalue weighted by molar-refractivity contribution is 7.98. The molecule has 0 fully saturated rings. The highest BCUT2D eigenvalue weighted by atomic mass is 32.2. The molecule has 0 aromatic heterocycles. The average molecular weight is 276 g/mol. The number of benzene rings is 2. The Balaban J connectivity index is 2.01. The van der Waals surface area contributed by atoms with Crippen LogP contribution in [0.2, 0.25) is 0 Å². The summed E-state index contributed by atoms with van der Waals surface area (Å²) in [5, 5.41) is 0. The van der Waals surface area contributed by atoms with Crippen molar-refractivity contribution in [2.24, 2.45) is 0 Å². The van der Waals surface area contributed by atoms with Crippen LogP contribution in [-0.2, 0) is 10.5 Å². The summed E-state index contributed by atoms with van der Waals surface area (Å²) in [6.45, 7) is 0. The zero-order valence-electron chi connectivity index (χ0n) is 10.4. The maximum atomic E-state index is 13.4. The van der Waals surface area contributed by atoms with E-state index in [1.807, 2.05) is 18.2 Å². The Kier molecular flexibility index (Phi) is 4.58. The summed E-state index contributed by atoms with van der Waals surface area (Å²) in [5.41, 5.74) is 1.54. The molecule has 0 radical (unpaired) electrons. The third-order valence-corrected chi connectivity index (χ3v) is 3.73. The van der Waals surface area contributed by atoms with Gasteiger partial charge < -0.3 is 4.74 Å². The minimum absolute atomic E-state index is 0.210. The zero-order chi connectivity index (χ0) is 13.7. The SMILES string of the molecule is COC(=O)c1ccc(CSc2ccccc2F)cc1. The predicted octanol–water partition coefficient (Wildman–Crippen LogP) is 3.90. The van der Waals surface area contributed by atoms with Gasteiger partial charge in [0.1, 0.15) is 5.82 Å². The summed E-state index contributed by atoms with van der Waals surface area (Å²) in [7, 11) is 1.35. The van der Waals surface area contributed by atoms with Crippen LogP contribution in [0.25, 0.3) is 0 Å². The Morgan fingerprint density at radius 2 is 1.84 bits per heavy atom. The van der Waals surface area contributed by atoms with Crippen LogP contribution in [0.1, 0.15) is 15.9 Å². The van der Waals surface area contributed by atoms with Gasteiger partial charge in [0.15, 0.2) is 0 Å². The normalized spacial score (nSPS) is 10.2. The van der Waals surface area contributed by atoms with Crippen LogP contribution in [0.4, 0.5) is 4.39 Å². The van der Waals surface area contributed by atoms with Crippen molar-refractivity contribution < 1.29 is 13.9 Å². The minimum atomic E-state index is -0.353. The lowest BCUT2D eigenvalue weighted by atomic mass is 10.1. The highest BCUT2D eigenvalue weighted by Gasteiger charge is 2.05. The standard InChI is InChI=1S/C15H13FO2S/c1-18-15(17)12-8-6-11(7-9-12)10-19-14-5-3-2-4-13(14)16/h2-9H,10H2,1H3. The number of ether oxygens (including phenoxy) is 1. The molecule has 0 unspecified atom stereocenters. The summed E-state index contributed by atoms with van der Waals surface area (Å²) in [6, 6.07) is 13.8. The Hall–Kier alpha value is -1.81. The van der Waals surface area contributed by atoms with Crippen molar-refractivity contribution >= 4 is 17.7 Å². The van der Waals surface area contributed by atoms with Crippen LogP contribution in [0, 0.1) is 5.82 Å². The quantitative estimate of drug-likeness (QED) is 0.625. The van der Waals surface area contributed by atoms with E-state index in [2.05, 4.69) is 4.74 Å². The Labute approximate surface area is 115 Å². The Bertz CT molecular complexity index is 567. The lowest BCUT2D eigenvalue weighted by molar-refractivity contribution is 0.0600. The summed E-state index contributed by atoms with van der Waals surface area (Å²) >= 11 is 1.43. The molecule has 2 rings (SSSR count). The van der Waals surface area contributed by atoms with Gasteiger partial charge in [0.25, 0.3) is 0 Å². The van der Waals surface area contributed by atoms with E-state index in [9.17, 15) is 9.18 Å². The first-order chi connectivity index (χ1) is 9.20. The van der Waals surface area contributed by atoms with Gasteiger partial charge in [-0.1, -0.05) is 24.3 Å². The van der Waals surface area contributed by atoms with E-state index >= 15 is 0 Å². The van der Waals surface area contributed by atoms with Crippen molar-refractivity contribution in [1.82, 2.24) is 0 Å². The third-order valence-electron chi connectivity index (χ3n) is 2.61. The first-order valence-electron chi connectivity index (χ1n) is 5.75. The molecule has 0 atom stereocenters. The number of halogens is 1. The summed E-state index contributed by atoms with van der Waals surface area (Å²) < 4.78 is 18.1. The fourth-order valence-corrected chi connectivity index (χ4v) is 2.47. The molecule has 4 heteroatoms. The molecule has 0 N–H and O–H groups in total. The largest absolute Gasteiger partial charge is 0.465 e. The second-order valence-corrected chi connectivity index (χ2v) is 4.92. The summed E-state index contributed by atoms with van der Waals surface area (Å²) in [5.74, 6) is 0.0922. The van der Waals surface area contributed by atoms with Gasteiger partial charge in [-0.2, -0.15) is 0 Å². The second-order valence-electron chi connectivity index (χ2n) is 3.91. The van der Waals surface area contributed by atoms with Crippen LogP contribution >= 0.6 is 11.8 Å². The predicted molar refractivity (Wildman–Crippen MR) is 73.7 cm³/mol. The van der Waals surface area contributed by atoms with Crippen molar-refractivity contribution in [3.63, 3.8) is 0 Å². The van der Waals surface area contributed by atoms with Crippen molar-refractivity contribution in [2.45, 2.75) is 10.6 Å². The smallest absolute Gasteiger partial charge is 0.337 e. The van der Waals surface area contributed by atoms with Gasteiger partial charge in [0, 0.05) is 10.6 Å². The van der Waals surface area contributed by atoms with Crippen LogP contribution in [0.15, 0.2) is 53.4 Å². The maximum absolute atomic E-state index is 13.4. The van der Waals surface area contributed by atoms with Gasteiger partial charge in [-0.25, -0.2) is 9.18 Å². The lowest BCUT2D eigenvalue weighted by Crippen LogP contribution is -2.00. The van der Waals surface area contributed by atoms with Crippen molar-refractivity contribution in [2.75, 3.05) is 7.11 Å². The maximum Gasteiger partial charge on any atom is 0.337 e. The molecule has 0 spiro atoms. The monoisotopic (exact) mass is 276 g/mol. The fourth-order valence-electron chi connectivity index (χ4n) is 1.58. The number of methoxy groups -OCH3 is 1. The van der Waals surface area contributed by atoms with E-state index in [-0.39, 0.29) is 11.8 Å². The molecule has 2 aromatic carbocycles. The van der Waals surface area contributed by atoms with Crippen LogP contribution in [0.5, 0.6) is 0 Å². The number of carbonyl (C=O) groups is 1. The van der Waals surface area contributed by atoms with E-state index in [0.29, 0.717) is 16.2 Å². The number of rotatable bonds is 4. The molecular formula is C15H13FO2S. The van der Waals surface area contributed by atoms with Gasteiger partial charge >= 0.3 is 5.97 Å². The minimum Gasteiger partial charge on any atom is -0.465 e. The van der Waals surface area contributed by atoms with Crippen molar-refractivity contribution in [3.8, 4) is 0 Å². The lowest BCUT2D eigenvalue weighted by Gasteiger charge is -2.04. The second kappa shape index (κ2) is 6.38. The highest BCUT2D eigenvalue weighted by Crippen LogP contribution is 2.25. The molecule has 98 valence electrons. The number of thioether (sulfide) groups is 1. The van der Waals surface area contributed by atoms with Gasteiger partial charge in [-0.05, 0) is 29.8 Å². The van der Waals surface area contributed by atoms with E-state index in [4.69, 9.17) is 0 Å². The van der Waals surface area contributed by atoms with Gasteiger partial charge in [0.2, 0.25) is 0 Å². The Morgan fingerprint density at radius 1 is 1.16 bits per heavy atom. The van der Waals surface area contributed by atoms with Gasteiger partial charge in [-0.3, -0.25) is 0 Å². The molecule has 0 aliphatic carbocycles. The zero-order valence-corrected chi connectivity index (χ0v) is 11.2. The van der Waals surface area contributed by atoms with Gasteiger partial charge in [0.05, 0.1) is 12.7 Å². The van der Waals surface area contributed by atoms with Crippen LogP contribution in [-0.4, -0.2) is 13.1 Å². The van der Waals surface area contributed by atoms with Crippen LogP contribution < -0.4 is 0 Å². The number of carbonyl (C=O) groups excluding carboxylic acids is 1. The van der Waals surface area contributed by atoms with Crippen molar-refractivity contribution in [3.05, 3.63) is 65.5 Å². The molecule has 19 heavy (non-hydrogen) atoms. The molecule has 0 aliphatic rings. The van der Waals surface area contributed by atoms with E-state index in [1.54, 1.807) is 24.3 Å². The molecule has 2 aromatic rings. The van der Waals surface area contributed by atoms with E-state index < -0.39 is 0 Å². The molecule has 0 aliphatic heterocycles. The average Bonchev–Trinajstić information content (AvgIpc) is 2.46. The summed E-state index contributed by atoms with van der Waals surface area (Å²) in [4.78, 5) is 11.9. The first-order valence-corrected chi connectivity index (χ1v) is 6.74. The molecular weight excluding hydrogens is 263 g/mol. The third kappa shape index (κ3) is 3.58. The van der Waals surface area contributed by atoms with Crippen molar-refractivity contribution in [1.29, 1.82) is 0 Å². The Morgan fingerprint density at radius 3 is 2.47 bits per heavy atom. The molecule has 0 saturated heterocycles. The number of hydrogen-bond donors (Lipinski definition) is 0. The van der Waals surface area contributed by atoms with Gasteiger partial charge in [-0.15, -0.1) is 11.8 Å². The topological polar surface area (TPSA) is 26.3 Å². The molecule has 0 bridgehead atoms. The fraction of sp³-hybridized carbons (Fsp3) is 0.133. The molecule has 0 saturated carbocycles. The van der Waals surface area contributed by atoms with E-state index in [1.165, 1.54) is 24.9 Å². The van der Waals surface area contributed by atoms with Crippen LogP contribution in [0.3, 0.4) is 0 Å². The molecule has 0 heterocycles. The molecule has 2 nitrogen and oxygen atoms in total. The summed E-state index contributed by atoms with van der Waals surface area (Å²) in [6.07, 6.45) is 0. The number of hydrogen-bond acceptors (Lipinski definition) is 3. The number of esters is 1.